The largest absolute Gasteiger partial charge is 0.486 e. The minimum atomic E-state index is 0.199. The normalized spacial score (nSPS) is 11.0. The summed E-state index contributed by atoms with van der Waals surface area (Å²) in [6, 6.07) is 21.3. The fraction of sp³-hybridized carbons (Fsp3) is 0.0417. The minimum Gasteiger partial charge on any atom is -0.486 e. The number of benzene rings is 2. The fourth-order valence-corrected chi connectivity index (χ4v) is 3.89. The van der Waals surface area contributed by atoms with Crippen molar-refractivity contribution in [2.75, 3.05) is 0 Å². The molecule has 5 aromatic rings. The molecule has 1 N–H and O–H groups in total. The number of aromatic nitrogens is 4. The van der Waals surface area contributed by atoms with Crippen molar-refractivity contribution < 1.29 is 4.74 Å². The van der Waals surface area contributed by atoms with Crippen LogP contribution in [0.25, 0.3) is 33.4 Å². The molecule has 2 aromatic carbocycles. The third-order valence-electron chi connectivity index (χ3n) is 4.91. The smallest absolute Gasteiger partial charge is 0.222 e. The summed E-state index contributed by atoms with van der Waals surface area (Å²) in [4.78, 5) is 16.2. The standard InChI is InChI=1S/C24H16Cl2N4O/c25-18-13-15(8-9-21(18)31-14-16-5-3-4-11-27-16)23-22(20-10-12-28-24(26)30-20)17-6-1-2-7-19(17)29-23/h1-13,29H,14H2. The predicted molar refractivity (Wildman–Crippen MR) is 123 cm³/mol. The molecule has 0 saturated heterocycles. The Morgan fingerprint density at radius 1 is 0.871 bits per heavy atom. The first kappa shape index (κ1) is 19.5. The van der Waals surface area contributed by atoms with Gasteiger partial charge >= 0.3 is 0 Å². The summed E-state index contributed by atoms with van der Waals surface area (Å²) >= 11 is 12.6. The van der Waals surface area contributed by atoms with E-state index in [0.29, 0.717) is 17.4 Å². The topological polar surface area (TPSA) is 63.7 Å². The van der Waals surface area contributed by atoms with Gasteiger partial charge in [-0.1, -0.05) is 35.9 Å². The molecular weight excluding hydrogens is 431 g/mol. The van der Waals surface area contributed by atoms with Crippen LogP contribution >= 0.6 is 23.2 Å². The molecule has 5 nitrogen and oxygen atoms in total. The van der Waals surface area contributed by atoms with Gasteiger partial charge < -0.3 is 9.72 Å². The van der Waals surface area contributed by atoms with Crippen molar-refractivity contribution in [2.45, 2.75) is 6.61 Å². The lowest BCUT2D eigenvalue weighted by molar-refractivity contribution is 0.301. The fourth-order valence-electron chi connectivity index (χ4n) is 3.51. The molecule has 0 amide bonds. The Balaban J connectivity index is 1.55. The number of nitrogens with zero attached hydrogens (tertiary/aromatic N) is 3. The Hall–Kier alpha value is -3.41. The Morgan fingerprint density at radius 2 is 1.74 bits per heavy atom. The predicted octanol–water partition coefficient (Wildman–Crippen LogP) is 6.57. The summed E-state index contributed by atoms with van der Waals surface area (Å²) in [5.41, 5.74) is 5.32. The minimum absolute atomic E-state index is 0.199. The molecule has 0 bridgehead atoms. The lowest BCUT2D eigenvalue weighted by atomic mass is 10.0. The van der Waals surface area contributed by atoms with E-state index in [1.165, 1.54) is 0 Å². The summed E-state index contributed by atoms with van der Waals surface area (Å²) in [6.07, 6.45) is 3.39. The zero-order valence-corrected chi connectivity index (χ0v) is 17.7. The van der Waals surface area contributed by atoms with Crippen molar-refractivity contribution in [3.05, 3.63) is 95.1 Å². The van der Waals surface area contributed by atoms with E-state index in [2.05, 4.69) is 19.9 Å². The second kappa shape index (κ2) is 8.38. The lowest BCUT2D eigenvalue weighted by Gasteiger charge is -2.10. The summed E-state index contributed by atoms with van der Waals surface area (Å²) in [7, 11) is 0. The quantitative estimate of drug-likeness (QED) is 0.310. The Labute approximate surface area is 188 Å². The van der Waals surface area contributed by atoms with Gasteiger partial charge in [0.05, 0.1) is 22.1 Å². The van der Waals surface area contributed by atoms with E-state index in [9.17, 15) is 0 Å². The van der Waals surface area contributed by atoms with Crippen LogP contribution in [0.15, 0.2) is 79.1 Å². The molecule has 0 aliphatic heterocycles. The van der Waals surface area contributed by atoms with Crippen molar-refractivity contribution >= 4 is 34.1 Å². The number of pyridine rings is 1. The van der Waals surface area contributed by atoms with Crippen LogP contribution in [-0.2, 0) is 6.61 Å². The van der Waals surface area contributed by atoms with Crippen LogP contribution in [0.5, 0.6) is 5.75 Å². The molecule has 0 saturated carbocycles. The van der Waals surface area contributed by atoms with Crippen LogP contribution in [0.2, 0.25) is 10.3 Å². The number of ether oxygens (including phenoxy) is 1. The Morgan fingerprint density at radius 3 is 2.55 bits per heavy atom. The molecule has 7 heteroatoms. The van der Waals surface area contributed by atoms with Crippen molar-refractivity contribution in [3.63, 3.8) is 0 Å². The van der Waals surface area contributed by atoms with Crippen LogP contribution in [0, 0.1) is 0 Å². The lowest BCUT2D eigenvalue weighted by Crippen LogP contribution is -1.98. The van der Waals surface area contributed by atoms with Gasteiger partial charge in [-0.25, -0.2) is 9.97 Å². The van der Waals surface area contributed by atoms with Gasteiger partial charge in [0, 0.05) is 34.4 Å². The van der Waals surface area contributed by atoms with E-state index < -0.39 is 0 Å². The summed E-state index contributed by atoms with van der Waals surface area (Å²) in [5, 5.41) is 1.75. The molecule has 3 heterocycles. The highest BCUT2D eigenvalue weighted by Crippen LogP contribution is 2.39. The number of halogens is 2. The molecule has 0 spiro atoms. The Bertz CT molecular complexity index is 1370. The summed E-state index contributed by atoms with van der Waals surface area (Å²) in [6.45, 7) is 0.344. The van der Waals surface area contributed by atoms with Gasteiger partial charge in [0.2, 0.25) is 5.28 Å². The highest BCUT2D eigenvalue weighted by atomic mass is 35.5. The van der Waals surface area contributed by atoms with Gasteiger partial charge in [0.15, 0.2) is 0 Å². The number of para-hydroxylation sites is 1. The van der Waals surface area contributed by atoms with Crippen LogP contribution < -0.4 is 4.74 Å². The van der Waals surface area contributed by atoms with Gasteiger partial charge in [0.1, 0.15) is 12.4 Å². The van der Waals surface area contributed by atoms with Gasteiger partial charge in [-0.15, -0.1) is 0 Å². The Kier molecular flexibility index (Phi) is 5.28. The third-order valence-corrected chi connectivity index (χ3v) is 5.39. The van der Waals surface area contributed by atoms with Gasteiger partial charge in [-0.2, -0.15) is 0 Å². The van der Waals surface area contributed by atoms with Gasteiger partial charge in [-0.3, -0.25) is 4.98 Å². The second-order valence-electron chi connectivity index (χ2n) is 6.89. The molecule has 3 aromatic heterocycles. The number of hydrogen-bond donors (Lipinski definition) is 1. The third kappa shape index (κ3) is 3.98. The highest BCUT2D eigenvalue weighted by Gasteiger charge is 2.17. The van der Waals surface area contributed by atoms with E-state index in [1.54, 1.807) is 12.4 Å². The van der Waals surface area contributed by atoms with Crippen LogP contribution in [0.4, 0.5) is 0 Å². The molecule has 0 atom stereocenters. The maximum Gasteiger partial charge on any atom is 0.222 e. The molecular formula is C24H16Cl2N4O. The first-order chi connectivity index (χ1) is 15.2. The van der Waals surface area contributed by atoms with Crippen molar-refractivity contribution in [1.82, 2.24) is 19.9 Å². The van der Waals surface area contributed by atoms with Crippen molar-refractivity contribution in [3.8, 4) is 28.3 Å². The van der Waals surface area contributed by atoms with E-state index in [0.717, 1.165) is 39.1 Å². The molecule has 0 aliphatic carbocycles. The molecule has 0 unspecified atom stereocenters. The molecule has 0 fully saturated rings. The van der Waals surface area contributed by atoms with Gasteiger partial charge in [-0.05, 0) is 54.1 Å². The zero-order chi connectivity index (χ0) is 21.2. The summed E-state index contributed by atoms with van der Waals surface area (Å²) in [5.74, 6) is 0.596. The molecule has 0 aliphatic rings. The van der Waals surface area contributed by atoms with Crippen LogP contribution in [-0.4, -0.2) is 19.9 Å². The molecule has 0 radical (unpaired) electrons. The molecule has 31 heavy (non-hydrogen) atoms. The van der Waals surface area contributed by atoms with Crippen LogP contribution in [0.3, 0.4) is 0 Å². The monoisotopic (exact) mass is 446 g/mol. The number of nitrogens with one attached hydrogen (secondary N) is 1. The SMILES string of the molecule is Clc1nccc(-c2c(-c3ccc(OCc4ccccn4)c(Cl)c3)[nH]c3ccccc23)n1. The number of hydrogen-bond acceptors (Lipinski definition) is 4. The number of rotatable bonds is 5. The number of aromatic amines is 1. The average molecular weight is 447 g/mol. The second-order valence-corrected chi connectivity index (χ2v) is 7.63. The van der Waals surface area contributed by atoms with Crippen molar-refractivity contribution in [2.24, 2.45) is 0 Å². The maximum absolute atomic E-state index is 6.56. The maximum atomic E-state index is 6.56. The number of fused-ring (bicyclic) bond motifs is 1. The molecule has 152 valence electrons. The first-order valence-electron chi connectivity index (χ1n) is 9.61. The molecule has 5 rings (SSSR count). The van der Waals surface area contributed by atoms with E-state index in [4.69, 9.17) is 27.9 Å². The highest BCUT2D eigenvalue weighted by molar-refractivity contribution is 6.32. The summed E-state index contributed by atoms with van der Waals surface area (Å²) < 4.78 is 5.86. The van der Waals surface area contributed by atoms with Gasteiger partial charge in [0.25, 0.3) is 0 Å². The zero-order valence-electron chi connectivity index (χ0n) is 16.2. The van der Waals surface area contributed by atoms with E-state index >= 15 is 0 Å². The number of H-pyrrole nitrogens is 1. The van der Waals surface area contributed by atoms with Crippen molar-refractivity contribution in [1.29, 1.82) is 0 Å². The van der Waals surface area contributed by atoms with Crippen LogP contribution in [0.1, 0.15) is 5.69 Å². The van der Waals surface area contributed by atoms with E-state index in [-0.39, 0.29) is 5.28 Å². The first-order valence-corrected chi connectivity index (χ1v) is 10.4. The average Bonchev–Trinajstić information content (AvgIpc) is 3.18. The van der Waals surface area contributed by atoms with E-state index in [1.807, 2.05) is 66.7 Å².